The SMILES string of the molecule is CCOC(=O)c1c(C)nn(-c2ncccc2[N+](=O)[O-])c1CC. The van der Waals surface area contributed by atoms with Gasteiger partial charge in [0, 0.05) is 12.3 Å². The van der Waals surface area contributed by atoms with E-state index in [0.717, 1.165) is 0 Å². The van der Waals surface area contributed by atoms with Crippen molar-refractivity contribution in [1.29, 1.82) is 0 Å². The van der Waals surface area contributed by atoms with E-state index in [1.165, 1.54) is 23.0 Å². The largest absolute Gasteiger partial charge is 0.462 e. The number of carbonyl (C=O) groups is 1. The predicted molar refractivity (Wildman–Crippen MR) is 78.1 cm³/mol. The van der Waals surface area contributed by atoms with E-state index in [2.05, 4.69) is 10.1 Å². The maximum atomic E-state index is 12.1. The van der Waals surface area contributed by atoms with E-state index < -0.39 is 10.9 Å². The molecule has 0 unspecified atom stereocenters. The Morgan fingerprint density at radius 2 is 2.18 bits per heavy atom. The van der Waals surface area contributed by atoms with Gasteiger partial charge in [0.25, 0.3) is 0 Å². The lowest BCUT2D eigenvalue weighted by Crippen LogP contribution is -2.11. The van der Waals surface area contributed by atoms with Crippen molar-refractivity contribution in [2.45, 2.75) is 27.2 Å². The van der Waals surface area contributed by atoms with Gasteiger partial charge in [-0.25, -0.2) is 14.5 Å². The highest BCUT2D eigenvalue weighted by Crippen LogP contribution is 2.25. The minimum atomic E-state index is -0.525. The van der Waals surface area contributed by atoms with E-state index in [4.69, 9.17) is 4.74 Å². The predicted octanol–water partition coefficient (Wildman–Crippen LogP) is 2.22. The summed E-state index contributed by atoms with van der Waals surface area (Å²) in [6.07, 6.45) is 1.91. The third kappa shape index (κ3) is 2.67. The molecule has 0 N–H and O–H groups in total. The second kappa shape index (κ2) is 6.33. The summed E-state index contributed by atoms with van der Waals surface area (Å²) >= 11 is 0. The van der Waals surface area contributed by atoms with E-state index in [1.54, 1.807) is 13.8 Å². The van der Waals surface area contributed by atoms with Gasteiger partial charge >= 0.3 is 11.7 Å². The summed E-state index contributed by atoms with van der Waals surface area (Å²) in [5.74, 6) is -0.398. The highest BCUT2D eigenvalue weighted by molar-refractivity contribution is 5.92. The molecule has 0 aromatic carbocycles. The molecular formula is C14H16N4O4. The van der Waals surface area contributed by atoms with E-state index in [9.17, 15) is 14.9 Å². The third-order valence-corrected chi connectivity index (χ3v) is 3.13. The van der Waals surface area contributed by atoms with Gasteiger partial charge in [0.05, 0.1) is 22.9 Å². The molecule has 0 saturated heterocycles. The Bertz CT molecular complexity index is 724. The molecular weight excluding hydrogens is 288 g/mol. The number of carbonyl (C=O) groups excluding carboxylic acids is 1. The van der Waals surface area contributed by atoms with Gasteiger partial charge in [-0.15, -0.1) is 0 Å². The van der Waals surface area contributed by atoms with Crippen molar-refractivity contribution in [3.8, 4) is 5.82 Å². The number of nitrogens with zero attached hydrogens (tertiary/aromatic N) is 4. The van der Waals surface area contributed by atoms with E-state index in [1.807, 2.05) is 6.92 Å². The van der Waals surface area contributed by atoms with E-state index in [0.29, 0.717) is 23.4 Å². The Balaban J connectivity index is 2.66. The summed E-state index contributed by atoms with van der Waals surface area (Å²) in [5, 5.41) is 15.4. The zero-order chi connectivity index (χ0) is 16.3. The van der Waals surface area contributed by atoms with Crippen LogP contribution in [0.5, 0.6) is 0 Å². The van der Waals surface area contributed by atoms with E-state index >= 15 is 0 Å². The molecule has 22 heavy (non-hydrogen) atoms. The van der Waals surface area contributed by atoms with Crippen LogP contribution in [0.2, 0.25) is 0 Å². The fraction of sp³-hybridized carbons (Fsp3) is 0.357. The topological polar surface area (TPSA) is 100 Å². The molecule has 2 aromatic heterocycles. The summed E-state index contributed by atoms with van der Waals surface area (Å²) < 4.78 is 6.38. The van der Waals surface area contributed by atoms with Crippen molar-refractivity contribution in [2.24, 2.45) is 0 Å². The van der Waals surface area contributed by atoms with Crippen LogP contribution in [-0.4, -0.2) is 32.3 Å². The summed E-state index contributed by atoms with van der Waals surface area (Å²) in [7, 11) is 0. The smallest absolute Gasteiger partial charge is 0.341 e. The zero-order valence-electron chi connectivity index (χ0n) is 12.6. The number of rotatable bonds is 5. The van der Waals surface area contributed by atoms with Crippen molar-refractivity contribution in [2.75, 3.05) is 6.61 Å². The Morgan fingerprint density at radius 3 is 2.77 bits per heavy atom. The molecule has 2 rings (SSSR count). The Hall–Kier alpha value is -2.77. The maximum Gasteiger partial charge on any atom is 0.341 e. The molecule has 0 radical (unpaired) electrons. The van der Waals surface area contributed by atoms with Crippen LogP contribution in [0.4, 0.5) is 5.69 Å². The molecule has 8 nitrogen and oxygen atoms in total. The Kier molecular flexibility index (Phi) is 4.50. The molecule has 0 aliphatic heterocycles. The Labute approximate surface area is 126 Å². The van der Waals surface area contributed by atoms with Crippen LogP contribution in [0.3, 0.4) is 0 Å². The van der Waals surface area contributed by atoms with Crippen molar-refractivity contribution in [1.82, 2.24) is 14.8 Å². The lowest BCUT2D eigenvalue weighted by atomic mass is 10.1. The number of hydrogen-bond acceptors (Lipinski definition) is 6. The molecule has 0 spiro atoms. The summed E-state index contributed by atoms with van der Waals surface area (Å²) in [6.45, 7) is 5.46. The standard InChI is InChI=1S/C14H16N4O4/c1-4-10-12(14(19)22-5-2)9(3)16-17(10)13-11(18(20)21)7-6-8-15-13/h6-8H,4-5H2,1-3H3. The molecule has 0 amide bonds. The highest BCUT2D eigenvalue weighted by Gasteiger charge is 2.26. The molecule has 0 aliphatic carbocycles. The number of aryl methyl sites for hydroxylation is 1. The first-order valence-corrected chi connectivity index (χ1v) is 6.86. The van der Waals surface area contributed by atoms with Crippen LogP contribution in [0.1, 0.15) is 35.6 Å². The van der Waals surface area contributed by atoms with Crippen LogP contribution in [0.25, 0.3) is 5.82 Å². The number of nitro groups is 1. The zero-order valence-corrected chi connectivity index (χ0v) is 12.6. The minimum Gasteiger partial charge on any atom is -0.462 e. The van der Waals surface area contributed by atoms with Crippen LogP contribution in [0.15, 0.2) is 18.3 Å². The lowest BCUT2D eigenvalue weighted by molar-refractivity contribution is -0.384. The average molecular weight is 304 g/mol. The quantitative estimate of drug-likeness (QED) is 0.477. The van der Waals surface area contributed by atoms with Gasteiger partial charge in [0.2, 0.25) is 5.82 Å². The van der Waals surface area contributed by atoms with Gasteiger partial charge in [-0.1, -0.05) is 6.92 Å². The summed E-state index contributed by atoms with van der Waals surface area (Å²) in [4.78, 5) is 26.8. The second-order valence-electron chi connectivity index (χ2n) is 4.50. The highest BCUT2D eigenvalue weighted by atomic mass is 16.6. The van der Waals surface area contributed by atoms with Gasteiger partial charge in [-0.3, -0.25) is 10.1 Å². The maximum absolute atomic E-state index is 12.1. The normalized spacial score (nSPS) is 10.5. The fourth-order valence-corrected chi connectivity index (χ4v) is 2.24. The molecule has 0 fully saturated rings. The molecule has 2 heterocycles. The Morgan fingerprint density at radius 1 is 1.45 bits per heavy atom. The monoisotopic (exact) mass is 304 g/mol. The lowest BCUT2D eigenvalue weighted by Gasteiger charge is -2.07. The fourth-order valence-electron chi connectivity index (χ4n) is 2.24. The molecule has 0 aliphatic rings. The number of pyridine rings is 1. The minimum absolute atomic E-state index is 0.0861. The average Bonchev–Trinajstić information content (AvgIpc) is 2.83. The number of esters is 1. The van der Waals surface area contributed by atoms with Crippen molar-refractivity contribution < 1.29 is 14.5 Å². The number of hydrogen-bond donors (Lipinski definition) is 0. The number of ether oxygens (including phenoxy) is 1. The van der Waals surface area contributed by atoms with Gasteiger partial charge in [-0.05, 0) is 26.3 Å². The second-order valence-corrected chi connectivity index (χ2v) is 4.50. The first-order valence-electron chi connectivity index (χ1n) is 6.86. The van der Waals surface area contributed by atoms with Gasteiger partial charge in [0.15, 0.2) is 0 Å². The van der Waals surface area contributed by atoms with Gasteiger partial charge in [-0.2, -0.15) is 5.10 Å². The molecule has 8 heteroatoms. The first kappa shape index (κ1) is 15.6. The van der Waals surface area contributed by atoms with Crippen LogP contribution >= 0.6 is 0 Å². The number of aromatic nitrogens is 3. The molecule has 0 bridgehead atoms. The van der Waals surface area contributed by atoms with Crippen molar-refractivity contribution >= 4 is 11.7 Å². The molecule has 116 valence electrons. The van der Waals surface area contributed by atoms with Gasteiger partial charge < -0.3 is 4.74 Å². The van der Waals surface area contributed by atoms with Crippen molar-refractivity contribution in [3.05, 3.63) is 45.4 Å². The summed E-state index contributed by atoms with van der Waals surface area (Å²) in [5.41, 5.74) is 1.16. The van der Waals surface area contributed by atoms with E-state index in [-0.39, 0.29) is 18.1 Å². The van der Waals surface area contributed by atoms with Crippen LogP contribution in [0, 0.1) is 17.0 Å². The van der Waals surface area contributed by atoms with Crippen molar-refractivity contribution in [3.63, 3.8) is 0 Å². The molecule has 0 saturated carbocycles. The first-order chi connectivity index (χ1) is 10.5. The van der Waals surface area contributed by atoms with Gasteiger partial charge in [0.1, 0.15) is 5.56 Å². The van der Waals surface area contributed by atoms with Crippen LogP contribution < -0.4 is 0 Å². The molecule has 0 atom stereocenters. The summed E-state index contributed by atoms with van der Waals surface area (Å²) in [6, 6.07) is 2.83. The van der Waals surface area contributed by atoms with Crippen LogP contribution in [-0.2, 0) is 11.2 Å². The third-order valence-electron chi connectivity index (χ3n) is 3.13. The molecule has 2 aromatic rings.